The fraction of sp³-hybridized carbons (Fsp3) is 0.529. The highest BCUT2D eigenvalue weighted by atomic mass is 19.1. The maximum Gasteiger partial charge on any atom is 0.253 e. The summed E-state index contributed by atoms with van der Waals surface area (Å²) < 4.78 is 13.6. The van der Waals surface area contributed by atoms with Crippen LogP contribution in [0.2, 0.25) is 0 Å². The van der Waals surface area contributed by atoms with Crippen molar-refractivity contribution in [1.82, 2.24) is 10.2 Å². The van der Waals surface area contributed by atoms with Crippen molar-refractivity contribution in [2.45, 2.75) is 33.6 Å². The maximum absolute atomic E-state index is 13.6. The second-order valence-electron chi connectivity index (χ2n) is 6.26. The molecule has 1 fully saturated rings. The molecule has 0 radical (unpaired) electrons. The van der Waals surface area contributed by atoms with Crippen LogP contribution in [0.1, 0.15) is 42.6 Å². The van der Waals surface area contributed by atoms with E-state index in [4.69, 9.17) is 0 Å². The van der Waals surface area contributed by atoms with Gasteiger partial charge in [-0.1, -0.05) is 13.0 Å². The van der Waals surface area contributed by atoms with Gasteiger partial charge in [-0.2, -0.15) is 0 Å². The van der Waals surface area contributed by atoms with E-state index in [1.807, 2.05) is 13.8 Å². The Morgan fingerprint density at radius 3 is 2.77 bits per heavy atom. The van der Waals surface area contributed by atoms with Crippen LogP contribution in [0, 0.1) is 18.2 Å². The van der Waals surface area contributed by atoms with E-state index in [0.29, 0.717) is 37.2 Å². The van der Waals surface area contributed by atoms with Gasteiger partial charge in [0, 0.05) is 25.2 Å². The average Bonchev–Trinajstić information content (AvgIpc) is 2.90. The molecule has 0 aromatic heterocycles. The number of hydrogen-bond acceptors (Lipinski definition) is 2. The van der Waals surface area contributed by atoms with Crippen molar-refractivity contribution < 1.29 is 14.0 Å². The number of likely N-dealkylation sites (tertiary alicyclic amines) is 1. The van der Waals surface area contributed by atoms with E-state index in [9.17, 15) is 14.0 Å². The minimum absolute atomic E-state index is 0.0141. The third-order valence-electron chi connectivity index (χ3n) is 4.26. The highest BCUT2D eigenvalue weighted by Crippen LogP contribution is 2.31. The van der Waals surface area contributed by atoms with E-state index in [1.165, 1.54) is 6.07 Å². The molecule has 1 heterocycles. The van der Waals surface area contributed by atoms with Crippen molar-refractivity contribution in [2.75, 3.05) is 19.6 Å². The van der Waals surface area contributed by atoms with E-state index in [0.717, 1.165) is 6.42 Å². The zero-order valence-electron chi connectivity index (χ0n) is 13.4. The zero-order valence-corrected chi connectivity index (χ0v) is 13.4. The van der Waals surface area contributed by atoms with E-state index < -0.39 is 5.41 Å². The second-order valence-corrected chi connectivity index (χ2v) is 6.26. The molecule has 1 aliphatic heterocycles. The van der Waals surface area contributed by atoms with E-state index >= 15 is 0 Å². The van der Waals surface area contributed by atoms with Gasteiger partial charge in [-0.15, -0.1) is 0 Å². The molecule has 2 rings (SSSR count). The number of nitrogens with one attached hydrogen (secondary N) is 1. The summed E-state index contributed by atoms with van der Waals surface area (Å²) in [7, 11) is 0. The normalized spacial score (nSPS) is 21.0. The van der Waals surface area contributed by atoms with Gasteiger partial charge in [0.1, 0.15) is 5.82 Å². The fourth-order valence-corrected chi connectivity index (χ4v) is 2.68. The van der Waals surface area contributed by atoms with Gasteiger partial charge in [-0.05, 0) is 44.4 Å². The number of hydrogen-bond donors (Lipinski definition) is 1. The molecule has 1 unspecified atom stereocenters. The van der Waals surface area contributed by atoms with Gasteiger partial charge in [0.25, 0.3) is 5.91 Å². The lowest BCUT2D eigenvalue weighted by Crippen LogP contribution is -2.42. The van der Waals surface area contributed by atoms with Crippen molar-refractivity contribution in [3.8, 4) is 0 Å². The molecule has 5 heteroatoms. The smallest absolute Gasteiger partial charge is 0.253 e. The Bertz CT molecular complexity index is 588. The van der Waals surface area contributed by atoms with Crippen molar-refractivity contribution in [1.29, 1.82) is 0 Å². The molecule has 1 saturated heterocycles. The summed E-state index contributed by atoms with van der Waals surface area (Å²) in [5.74, 6) is -0.612. The molecule has 1 N–H and O–H groups in total. The molecule has 4 nitrogen and oxygen atoms in total. The van der Waals surface area contributed by atoms with Gasteiger partial charge < -0.3 is 10.2 Å². The van der Waals surface area contributed by atoms with Crippen LogP contribution < -0.4 is 5.32 Å². The molecule has 0 saturated carbocycles. The third-order valence-corrected chi connectivity index (χ3v) is 4.26. The molecule has 0 bridgehead atoms. The number of halogens is 1. The van der Waals surface area contributed by atoms with Gasteiger partial charge in [-0.3, -0.25) is 9.59 Å². The van der Waals surface area contributed by atoms with Crippen LogP contribution in [0.15, 0.2) is 18.2 Å². The Hall–Kier alpha value is -1.91. The first-order valence-corrected chi connectivity index (χ1v) is 7.71. The van der Waals surface area contributed by atoms with Crippen LogP contribution >= 0.6 is 0 Å². The molecule has 0 aliphatic carbocycles. The van der Waals surface area contributed by atoms with Gasteiger partial charge >= 0.3 is 0 Å². The quantitative estimate of drug-likeness (QED) is 0.929. The third kappa shape index (κ3) is 3.29. The molecular formula is C17H23FN2O2. The number of benzene rings is 1. The van der Waals surface area contributed by atoms with Crippen molar-refractivity contribution in [3.05, 3.63) is 35.1 Å². The molecule has 120 valence electrons. The number of rotatable bonds is 4. The molecule has 1 atom stereocenters. The maximum atomic E-state index is 13.6. The van der Waals surface area contributed by atoms with Crippen molar-refractivity contribution in [3.63, 3.8) is 0 Å². The first-order valence-electron chi connectivity index (χ1n) is 7.71. The Labute approximate surface area is 130 Å². The number of carbonyl (C=O) groups is 2. The van der Waals surface area contributed by atoms with E-state index in [1.54, 1.807) is 24.0 Å². The lowest BCUT2D eigenvalue weighted by Gasteiger charge is -2.23. The van der Waals surface area contributed by atoms with Gasteiger partial charge in [0.15, 0.2) is 0 Å². The lowest BCUT2D eigenvalue weighted by atomic mass is 9.88. The summed E-state index contributed by atoms with van der Waals surface area (Å²) in [6.07, 6.45) is 1.51. The van der Waals surface area contributed by atoms with Gasteiger partial charge in [-0.25, -0.2) is 4.39 Å². The molecular weight excluding hydrogens is 283 g/mol. The van der Waals surface area contributed by atoms with Crippen LogP contribution in [0.4, 0.5) is 4.39 Å². The summed E-state index contributed by atoms with van der Waals surface area (Å²) in [6.45, 7) is 7.07. The highest BCUT2D eigenvalue weighted by Gasteiger charge is 2.41. The lowest BCUT2D eigenvalue weighted by molar-refractivity contribution is -0.129. The SMILES string of the molecule is CCCNC(=O)C1(C)CCN(C(=O)c2ccc(C)c(F)c2)C1. The molecule has 1 aliphatic rings. The van der Waals surface area contributed by atoms with Gasteiger partial charge in [0.2, 0.25) is 5.91 Å². The first-order chi connectivity index (χ1) is 10.4. The minimum atomic E-state index is -0.561. The van der Waals surface area contributed by atoms with Crippen LogP contribution in [0.25, 0.3) is 0 Å². The highest BCUT2D eigenvalue weighted by molar-refractivity contribution is 5.95. The van der Waals surface area contributed by atoms with Crippen LogP contribution in [0.5, 0.6) is 0 Å². The van der Waals surface area contributed by atoms with E-state index in [-0.39, 0.29) is 17.6 Å². The van der Waals surface area contributed by atoms with Crippen LogP contribution in [-0.2, 0) is 4.79 Å². The Kier molecular flexibility index (Phi) is 4.84. The molecule has 0 spiro atoms. The summed E-state index contributed by atoms with van der Waals surface area (Å²) in [6, 6.07) is 4.50. The number of aryl methyl sites for hydroxylation is 1. The fourth-order valence-electron chi connectivity index (χ4n) is 2.68. The monoisotopic (exact) mass is 306 g/mol. The Morgan fingerprint density at radius 1 is 1.41 bits per heavy atom. The summed E-state index contributed by atoms with van der Waals surface area (Å²) >= 11 is 0. The zero-order chi connectivity index (χ0) is 16.3. The Morgan fingerprint density at radius 2 is 2.14 bits per heavy atom. The van der Waals surface area contributed by atoms with E-state index in [2.05, 4.69) is 5.32 Å². The second kappa shape index (κ2) is 6.46. The largest absolute Gasteiger partial charge is 0.356 e. The Balaban J connectivity index is 2.07. The molecule has 2 amide bonds. The average molecular weight is 306 g/mol. The number of carbonyl (C=O) groups excluding carboxylic acids is 2. The predicted molar refractivity (Wildman–Crippen MR) is 83.1 cm³/mol. The summed E-state index contributed by atoms with van der Waals surface area (Å²) in [5.41, 5.74) is 0.289. The number of amides is 2. The molecule has 1 aromatic rings. The van der Waals surface area contributed by atoms with Crippen molar-refractivity contribution >= 4 is 11.8 Å². The van der Waals surface area contributed by atoms with Crippen molar-refractivity contribution in [2.24, 2.45) is 5.41 Å². The van der Waals surface area contributed by atoms with Crippen LogP contribution in [-0.4, -0.2) is 36.3 Å². The standard InChI is InChI=1S/C17H23FN2O2/c1-4-8-19-16(22)17(3)7-9-20(11-17)15(21)13-6-5-12(2)14(18)10-13/h5-6,10H,4,7-9,11H2,1-3H3,(H,19,22). The van der Waals surface area contributed by atoms with Gasteiger partial charge in [0.05, 0.1) is 5.41 Å². The minimum Gasteiger partial charge on any atom is -0.356 e. The first kappa shape index (κ1) is 16.5. The number of nitrogens with zero attached hydrogens (tertiary/aromatic N) is 1. The predicted octanol–water partition coefficient (Wildman–Crippen LogP) is 2.51. The summed E-state index contributed by atoms with van der Waals surface area (Å²) in [4.78, 5) is 26.3. The summed E-state index contributed by atoms with van der Waals surface area (Å²) in [5, 5.41) is 2.89. The molecule has 22 heavy (non-hydrogen) atoms. The van der Waals surface area contributed by atoms with Crippen LogP contribution in [0.3, 0.4) is 0 Å². The molecule has 1 aromatic carbocycles. The topological polar surface area (TPSA) is 49.4 Å².